The molecule has 0 bridgehead atoms. The van der Waals surface area contributed by atoms with Crippen LogP contribution in [0.15, 0.2) is 65.8 Å². The Morgan fingerprint density at radius 2 is 1.56 bits per heavy atom. The molecule has 9 heteroatoms. The molecule has 36 heavy (non-hydrogen) atoms. The first-order valence-corrected chi connectivity index (χ1v) is 11.2. The quantitative estimate of drug-likeness (QED) is 0.254. The van der Waals surface area contributed by atoms with Crippen LogP contribution in [0.2, 0.25) is 0 Å². The number of para-hydroxylation sites is 1. The lowest BCUT2D eigenvalue weighted by molar-refractivity contribution is -0.136. The van der Waals surface area contributed by atoms with Gasteiger partial charge < -0.3 is 20.1 Å². The number of anilines is 2. The van der Waals surface area contributed by atoms with E-state index in [1.165, 1.54) is 13.3 Å². The van der Waals surface area contributed by atoms with Crippen LogP contribution in [0.4, 0.5) is 11.4 Å². The van der Waals surface area contributed by atoms with Crippen molar-refractivity contribution >= 4 is 35.3 Å². The molecule has 3 N–H and O–H groups in total. The number of hydrogen-bond acceptors (Lipinski definition) is 6. The maximum atomic E-state index is 12.3. The first-order valence-electron chi connectivity index (χ1n) is 11.2. The third-order valence-corrected chi connectivity index (χ3v) is 5.40. The van der Waals surface area contributed by atoms with E-state index in [-0.39, 0.29) is 12.5 Å². The zero-order chi connectivity index (χ0) is 26.1. The van der Waals surface area contributed by atoms with Crippen molar-refractivity contribution in [1.82, 2.24) is 5.43 Å². The van der Waals surface area contributed by atoms with E-state index >= 15 is 0 Å². The van der Waals surface area contributed by atoms with Crippen molar-refractivity contribution in [2.45, 2.75) is 20.8 Å². The number of nitrogens with zero attached hydrogens (tertiary/aromatic N) is 1. The van der Waals surface area contributed by atoms with Gasteiger partial charge in [0.15, 0.2) is 18.1 Å². The fourth-order valence-corrected chi connectivity index (χ4v) is 3.21. The van der Waals surface area contributed by atoms with E-state index in [0.29, 0.717) is 22.7 Å². The first kappa shape index (κ1) is 26.0. The van der Waals surface area contributed by atoms with Gasteiger partial charge in [-0.1, -0.05) is 30.3 Å². The Balaban J connectivity index is 1.54. The highest BCUT2D eigenvalue weighted by Crippen LogP contribution is 2.27. The Kier molecular flexibility index (Phi) is 8.77. The second-order valence-corrected chi connectivity index (χ2v) is 7.96. The molecule has 0 radical (unpaired) electrons. The van der Waals surface area contributed by atoms with Crippen molar-refractivity contribution in [1.29, 1.82) is 0 Å². The summed E-state index contributed by atoms with van der Waals surface area (Å²) in [5.74, 6) is -1.30. The maximum Gasteiger partial charge on any atom is 0.329 e. The summed E-state index contributed by atoms with van der Waals surface area (Å²) in [6.07, 6.45) is 1.36. The van der Waals surface area contributed by atoms with Gasteiger partial charge >= 0.3 is 11.8 Å². The molecule has 0 saturated carbocycles. The second kappa shape index (κ2) is 12.2. The number of aryl methyl sites for hydroxylation is 2. The van der Waals surface area contributed by atoms with Crippen LogP contribution in [-0.4, -0.2) is 37.7 Å². The summed E-state index contributed by atoms with van der Waals surface area (Å²) in [7, 11) is 1.47. The van der Waals surface area contributed by atoms with Crippen LogP contribution in [-0.2, 0) is 14.4 Å². The Hall–Kier alpha value is -4.66. The van der Waals surface area contributed by atoms with Crippen LogP contribution in [0.5, 0.6) is 11.5 Å². The SMILES string of the molecule is COc1cc(/C=N\NC(=O)C(=O)Nc2ccccc2C)ccc1OCC(=O)Nc1cccc(C)c1C. The molecule has 186 valence electrons. The molecule has 0 fully saturated rings. The zero-order valence-corrected chi connectivity index (χ0v) is 20.5. The van der Waals surface area contributed by atoms with Crippen LogP contribution in [0.1, 0.15) is 22.3 Å². The van der Waals surface area contributed by atoms with E-state index < -0.39 is 11.8 Å². The monoisotopic (exact) mass is 488 g/mol. The topological polar surface area (TPSA) is 118 Å². The molecule has 0 aliphatic rings. The van der Waals surface area contributed by atoms with Gasteiger partial charge in [-0.25, -0.2) is 5.43 Å². The molecule has 0 aliphatic carbocycles. The molecular weight excluding hydrogens is 460 g/mol. The van der Waals surface area contributed by atoms with Gasteiger partial charge in [-0.2, -0.15) is 5.10 Å². The zero-order valence-electron chi connectivity index (χ0n) is 20.5. The van der Waals surface area contributed by atoms with Crippen LogP contribution in [0.3, 0.4) is 0 Å². The molecule has 0 spiro atoms. The molecule has 3 amide bonds. The Bertz CT molecular complexity index is 1300. The number of ether oxygens (including phenoxy) is 2. The van der Waals surface area contributed by atoms with Crippen molar-refractivity contribution in [2.24, 2.45) is 5.10 Å². The van der Waals surface area contributed by atoms with Gasteiger partial charge in [0.25, 0.3) is 5.91 Å². The van der Waals surface area contributed by atoms with Gasteiger partial charge in [-0.3, -0.25) is 14.4 Å². The Morgan fingerprint density at radius 3 is 2.31 bits per heavy atom. The predicted molar refractivity (Wildman–Crippen MR) is 139 cm³/mol. The third kappa shape index (κ3) is 6.92. The molecule has 0 unspecified atom stereocenters. The smallest absolute Gasteiger partial charge is 0.329 e. The summed E-state index contributed by atoms with van der Waals surface area (Å²) in [4.78, 5) is 36.4. The lowest BCUT2D eigenvalue weighted by Crippen LogP contribution is -2.32. The van der Waals surface area contributed by atoms with Gasteiger partial charge in [0.05, 0.1) is 13.3 Å². The number of carbonyl (C=O) groups is 3. The van der Waals surface area contributed by atoms with Crippen LogP contribution in [0, 0.1) is 20.8 Å². The largest absolute Gasteiger partial charge is 0.493 e. The molecule has 0 aromatic heterocycles. The molecule has 3 aromatic rings. The van der Waals surface area contributed by atoms with Gasteiger partial charge in [-0.15, -0.1) is 0 Å². The van der Waals surface area contributed by atoms with Crippen molar-refractivity contribution < 1.29 is 23.9 Å². The lowest BCUT2D eigenvalue weighted by atomic mass is 10.1. The van der Waals surface area contributed by atoms with Gasteiger partial charge in [0.2, 0.25) is 0 Å². The molecule has 3 rings (SSSR count). The summed E-state index contributed by atoms with van der Waals surface area (Å²) >= 11 is 0. The standard InChI is InChI=1S/C27H28N4O5/c1-17-9-7-11-22(19(17)3)29-25(32)16-36-23-13-12-20(14-24(23)35-4)15-28-31-27(34)26(33)30-21-10-6-5-8-18(21)2/h5-15H,16H2,1-4H3,(H,29,32)(H,30,33)(H,31,34)/b28-15-. The summed E-state index contributed by atoms with van der Waals surface area (Å²) in [5.41, 5.74) is 6.95. The summed E-state index contributed by atoms with van der Waals surface area (Å²) in [6.45, 7) is 5.53. The number of methoxy groups -OCH3 is 1. The Morgan fingerprint density at radius 1 is 0.833 bits per heavy atom. The van der Waals surface area contributed by atoms with Gasteiger partial charge in [0.1, 0.15) is 0 Å². The third-order valence-electron chi connectivity index (χ3n) is 5.40. The van der Waals surface area contributed by atoms with E-state index in [1.807, 2.05) is 51.1 Å². The van der Waals surface area contributed by atoms with Crippen molar-refractivity contribution in [3.8, 4) is 11.5 Å². The highest BCUT2D eigenvalue weighted by molar-refractivity contribution is 6.39. The second-order valence-electron chi connectivity index (χ2n) is 7.96. The highest BCUT2D eigenvalue weighted by Gasteiger charge is 2.14. The number of amides is 3. The number of hydrazone groups is 1. The van der Waals surface area contributed by atoms with E-state index in [4.69, 9.17) is 9.47 Å². The van der Waals surface area contributed by atoms with Gasteiger partial charge in [-0.05, 0) is 73.4 Å². The van der Waals surface area contributed by atoms with Crippen molar-refractivity contribution in [3.63, 3.8) is 0 Å². The average Bonchev–Trinajstić information content (AvgIpc) is 2.87. The molecule has 0 heterocycles. The normalized spacial score (nSPS) is 10.6. The van der Waals surface area contributed by atoms with Crippen LogP contribution < -0.4 is 25.5 Å². The molecule has 9 nitrogen and oxygen atoms in total. The number of benzene rings is 3. The average molecular weight is 489 g/mol. The molecule has 0 atom stereocenters. The van der Waals surface area contributed by atoms with Crippen LogP contribution >= 0.6 is 0 Å². The molecular formula is C27H28N4O5. The first-order chi connectivity index (χ1) is 17.3. The van der Waals surface area contributed by atoms with E-state index in [2.05, 4.69) is 21.2 Å². The number of rotatable bonds is 8. The van der Waals surface area contributed by atoms with Crippen molar-refractivity contribution in [2.75, 3.05) is 24.4 Å². The molecule has 0 aliphatic heterocycles. The number of carbonyl (C=O) groups excluding carboxylic acids is 3. The number of hydrogen-bond donors (Lipinski definition) is 3. The number of nitrogens with one attached hydrogen (secondary N) is 3. The molecule has 0 saturated heterocycles. The summed E-state index contributed by atoms with van der Waals surface area (Å²) < 4.78 is 11.0. The van der Waals surface area contributed by atoms with E-state index in [1.54, 1.807) is 30.3 Å². The van der Waals surface area contributed by atoms with E-state index in [9.17, 15) is 14.4 Å². The van der Waals surface area contributed by atoms with Gasteiger partial charge in [0, 0.05) is 11.4 Å². The maximum absolute atomic E-state index is 12.3. The minimum Gasteiger partial charge on any atom is -0.493 e. The summed E-state index contributed by atoms with van der Waals surface area (Å²) in [6, 6.07) is 17.7. The predicted octanol–water partition coefficient (Wildman–Crippen LogP) is 3.73. The van der Waals surface area contributed by atoms with Crippen molar-refractivity contribution in [3.05, 3.63) is 82.9 Å². The molecule has 3 aromatic carbocycles. The van der Waals surface area contributed by atoms with Crippen LogP contribution in [0.25, 0.3) is 0 Å². The lowest BCUT2D eigenvalue weighted by Gasteiger charge is -2.13. The minimum absolute atomic E-state index is 0.205. The fourth-order valence-electron chi connectivity index (χ4n) is 3.21. The Labute approximate surface area is 209 Å². The highest BCUT2D eigenvalue weighted by atomic mass is 16.5. The van der Waals surface area contributed by atoms with E-state index in [0.717, 1.165) is 22.4 Å². The fraction of sp³-hybridized carbons (Fsp3) is 0.185. The summed E-state index contributed by atoms with van der Waals surface area (Å²) in [5, 5.41) is 9.19. The minimum atomic E-state index is -0.906.